The second-order valence-electron chi connectivity index (χ2n) is 7.91. The summed E-state index contributed by atoms with van der Waals surface area (Å²) in [6, 6.07) is 12.7. The van der Waals surface area contributed by atoms with Gasteiger partial charge in [0.1, 0.15) is 17.8 Å². The van der Waals surface area contributed by atoms with Gasteiger partial charge in [0, 0.05) is 6.54 Å². The molecule has 2 aromatic rings. The van der Waals surface area contributed by atoms with Crippen LogP contribution in [0.5, 0.6) is 5.75 Å². The number of carbonyl (C=O) groups is 3. The van der Waals surface area contributed by atoms with E-state index in [1.165, 1.54) is 11.1 Å². The Balaban J connectivity index is 1.43. The van der Waals surface area contributed by atoms with E-state index in [2.05, 4.69) is 10.6 Å². The third-order valence-electron chi connectivity index (χ3n) is 5.88. The molecule has 7 heteroatoms. The molecule has 2 aliphatic rings. The fourth-order valence-electron chi connectivity index (χ4n) is 4.10. The second-order valence-corrected chi connectivity index (χ2v) is 7.91. The molecule has 1 saturated heterocycles. The monoisotopic (exact) mass is 407 g/mol. The van der Waals surface area contributed by atoms with Gasteiger partial charge in [-0.2, -0.15) is 0 Å². The predicted molar refractivity (Wildman–Crippen MR) is 111 cm³/mol. The highest BCUT2D eigenvalue weighted by Crippen LogP contribution is 2.32. The molecule has 0 spiro atoms. The molecule has 1 fully saturated rings. The van der Waals surface area contributed by atoms with Gasteiger partial charge in [0.25, 0.3) is 5.91 Å². The molecule has 1 aliphatic heterocycles. The maximum atomic E-state index is 13.1. The minimum absolute atomic E-state index is 0.280. The highest BCUT2D eigenvalue weighted by Gasteiger charge is 2.49. The SMILES string of the molecule is COc1cccc(CNC(=O)CN2C(=O)NC(C)(c3ccc4c(c3)CCC4)C2=O)c1. The molecule has 156 valence electrons. The Kier molecular flexibility index (Phi) is 5.20. The Hall–Kier alpha value is -3.35. The average Bonchev–Trinajstić information content (AvgIpc) is 3.30. The molecule has 4 amide bonds. The van der Waals surface area contributed by atoms with Crippen molar-refractivity contribution in [1.29, 1.82) is 0 Å². The highest BCUT2D eigenvalue weighted by molar-refractivity contribution is 6.09. The molecule has 2 aromatic carbocycles. The molecular weight excluding hydrogens is 382 g/mol. The predicted octanol–water partition coefficient (Wildman–Crippen LogP) is 2.27. The van der Waals surface area contributed by atoms with Crippen LogP contribution in [-0.4, -0.2) is 36.4 Å². The summed E-state index contributed by atoms with van der Waals surface area (Å²) in [5.74, 6) is -0.123. The number of fused-ring (bicyclic) bond motifs is 1. The van der Waals surface area contributed by atoms with Crippen molar-refractivity contribution in [3.8, 4) is 5.75 Å². The van der Waals surface area contributed by atoms with E-state index in [1.807, 2.05) is 42.5 Å². The van der Waals surface area contributed by atoms with Gasteiger partial charge in [-0.3, -0.25) is 14.5 Å². The van der Waals surface area contributed by atoms with E-state index >= 15 is 0 Å². The van der Waals surface area contributed by atoms with Crippen molar-refractivity contribution in [2.75, 3.05) is 13.7 Å². The van der Waals surface area contributed by atoms with Crippen LogP contribution in [0.25, 0.3) is 0 Å². The van der Waals surface area contributed by atoms with E-state index in [9.17, 15) is 14.4 Å². The lowest BCUT2D eigenvalue weighted by molar-refractivity contribution is -0.134. The van der Waals surface area contributed by atoms with Crippen molar-refractivity contribution < 1.29 is 19.1 Å². The van der Waals surface area contributed by atoms with Crippen molar-refractivity contribution in [1.82, 2.24) is 15.5 Å². The van der Waals surface area contributed by atoms with Crippen LogP contribution in [0.15, 0.2) is 42.5 Å². The van der Waals surface area contributed by atoms with Gasteiger partial charge in [-0.05, 0) is 60.6 Å². The van der Waals surface area contributed by atoms with Crippen molar-refractivity contribution in [3.05, 3.63) is 64.7 Å². The first kappa shape index (κ1) is 19.9. The summed E-state index contributed by atoms with van der Waals surface area (Å²) in [4.78, 5) is 39.0. The molecular formula is C23H25N3O4. The number of carbonyl (C=O) groups excluding carboxylic acids is 3. The molecule has 1 unspecified atom stereocenters. The van der Waals surface area contributed by atoms with Crippen molar-refractivity contribution in [3.63, 3.8) is 0 Å². The Morgan fingerprint density at radius 1 is 1.17 bits per heavy atom. The quantitative estimate of drug-likeness (QED) is 0.719. The van der Waals surface area contributed by atoms with Gasteiger partial charge < -0.3 is 15.4 Å². The number of benzene rings is 2. The summed E-state index contributed by atoms with van der Waals surface area (Å²) in [5.41, 5.74) is 2.98. The maximum absolute atomic E-state index is 13.1. The molecule has 1 aliphatic carbocycles. The molecule has 2 N–H and O–H groups in total. The summed E-state index contributed by atoms with van der Waals surface area (Å²) in [5, 5.41) is 5.52. The van der Waals surface area contributed by atoms with Crippen LogP contribution >= 0.6 is 0 Å². The standard InChI is InChI=1S/C23H25N3O4/c1-23(18-10-9-16-6-4-7-17(16)12-18)21(28)26(22(29)25-23)14-20(27)24-13-15-5-3-8-19(11-15)30-2/h3,5,8-12H,4,6-7,13-14H2,1-2H3,(H,24,27)(H,25,29). The van der Waals surface area contributed by atoms with Gasteiger partial charge in [-0.1, -0.05) is 30.3 Å². The molecule has 0 saturated carbocycles. The summed E-state index contributed by atoms with van der Waals surface area (Å²) in [7, 11) is 1.58. The van der Waals surface area contributed by atoms with Crippen LogP contribution in [0, 0.1) is 0 Å². The average molecular weight is 407 g/mol. The third kappa shape index (κ3) is 3.63. The van der Waals surface area contributed by atoms with Gasteiger partial charge in [-0.15, -0.1) is 0 Å². The van der Waals surface area contributed by atoms with E-state index < -0.39 is 23.4 Å². The second kappa shape index (κ2) is 7.82. The number of nitrogens with one attached hydrogen (secondary N) is 2. The van der Waals surface area contributed by atoms with E-state index in [0.29, 0.717) is 5.75 Å². The molecule has 1 atom stereocenters. The topological polar surface area (TPSA) is 87.7 Å². The number of aryl methyl sites for hydroxylation is 2. The zero-order valence-corrected chi connectivity index (χ0v) is 17.2. The van der Waals surface area contributed by atoms with E-state index in [0.717, 1.165) is 35.3 Å². The minimum atomic E-state index is -1.16. The van der Waals surface area contributed by atoms with Crippen molar-refractivity contribution in [2.24, 2.45) is 0 Å². The van der Waals surface area contributed by atoms with Gasteiger partial charge in [0.2, 0.25) is 5.91 Å². The highest BCUT2D eigenvalue weighted by atomic mass is 16.5. The molecule has 4 rings (SSSR count). The van der Waals surface area contributed by atoms with Crippen LogP contribution in [0.3, 0.4) is 0 Å². The third-order valence-corrected chi connectivity index (χ3v) is 5.88. The van der Waals surface area contributed by atoms with Crippen molar-refractivity contribution in [2.45, 2.75) is 38.3 Å². The number of urea groups is 1. The molecule has 0 aromatic heterocycles. The van der Waals surface area contributed by atoms with Gasteiger partial charge in [0.05, 0.1) is 7.11 Å². The molecule has 30 heavy (non-hydrogen) atoms. The smallest absolute Gasteiger partial charge is 0.325 e. The minimum Gasteiger partial charge on any atom is -0.497 e. The zero-order chi connectivity index (χ0) is 21.3. The lowest BCUT2D eigenvalue weighted by atomic mass is 9.89. The number of rotatable bonds is 6. The summed E-state index contributed by atoms with van der Waals surface area (Å²) in [6.07, 6.45) is 3.14. The maximum Gasteiger partial charge on any atom is 0.325 e. The number of ether oxygens (including phenoxy) is 1. The largest absolute Gasteiger partial charge is 0.497 e. The van der Waals surface area contributed by atoms with E-state index in [-0.39, 0.29) is 13.1 Å². The van der Waals surface area contributed by atoms with Crippen LogP contribution in [0.1, 0.15) is 35.6 Å². The lowest BCUT2D eigenvalue weighted by Gasteiger charge is -2.23. The van der Waals surface area contributed by atoms with Crippen LogP contribution in [-0.2, 0) is 34.5 Å². The van der Waals surface area contributed by atoms with Gasteiger partial charge in [-0.25, -0.2) is 4.79 Å². The fourth-order valence-corrected chi connectivity index (χ4v) is 4.10. The van der Waals surface area contributed by atoms with E-state index in [1.54, 1.807) is 14.0 Å². The van der Waals surface area contributed by atoms with Gasteiger partial charge >= 0.3 is 6.03 Å². The Bertz CT molecular complexity index is 1020. The van der Waals surface area contributed by atoms with E-state index in [4.69, 9.17) is 4.74 Å². The Morgan fingerprint density at radius 2 is 1.97 bits per heavy atom. The summed E-state index contributed by atoms with van der Waals surface area (Å²) >= 11 is 0. The molecule has 0 bridgehead atoms. The normalized spacial score (nSPS) is 20.1. The number of hydrogen-bond acceptors (Lipinski definition) is 4. The van der Waals surface area contributed by atoms with Crippen LogP contribution in [0.4, 0.5) is 4.79 Å². The fraction of sp³-hybridized carbons (Fsp3) is 0.348. The number of nitrogens with zero attached hydrogens (tertiary/aromatic N) is 1. The first-order chi connectivity index (χ1) is 14.4. The molecule has 7 nitrogen and oxygen atoms in total. The van der Waals surface area contributed by atoms with Crippen LogP contribution < -0.4 is 15.4 Å². The Morgan fingerprint density at radius 3 is 2.77 bits per heavy atom. The first-order valence-electron chi connectivity index (χ1n) is 10.1. The Labute approximate surface area is 175 Å². The van der Waals surface area contributed by atoms with Crippen LogP contribution in [0.2, 0.25) is 0 Å². The summed E-state index contributed by atoms with van der Waals surface area (Å²) in [6.45, 7) is 1.65. The molecule has 1 heterocycles. The number of methoxy groups -OCH3 is 1. The number of amides is 4. The summed E-state index contributed by atoms with van der Waals surface area (Å²) < 4.78 is 5.17. The molecule has 0 radical (unpaired) electrons. The number of hydrogen-bond donors (Lipinski definition) is 2. The first-order valence-corrected chi connectivity index (χ1v) is 10.1. The van der Waals surface area contributed by atoms with Crippen molar-refractivity contribution >= 4 is 17.8 Å². The zero-order valence-electron chi connectivity index (χ0n) is 17.2. The number of imide groups is 1. The lowest BCUT2D eigenvalue weighted by Crippen LogP contribution is -2.43. The van der Waals surface area contributed by atoms with Gasteiger partial charge in [0.15, 0.2) is 0 Å².